The predicted molar refractivity (Wildman–Crippen MR) is 88.2 cm³/mol. The van der Waals surface area contributed by atoms with Crippen LogP contribution in [0, 0.1) is 18.7 Å². The summed E-state index contributed by atoms with van der Waals surface area (Å²) in [6.45, 7) is 4.67. The number of amides is 1. The quantitative estimate of drug-likeness (QED) is 0.918. The van der Waals surface area contributed by atoms with Crippen LogP contribution in [0.25, 0.3) is 11.5 Å². The highest BCUT2D eigenvalue weighted by atomic mass is 19.1. The van der Waals surface area contributed by atoms with Gasteiger partial charge >= 0.3 is 0 Å². The van der Waals surface area contributed by atoms with Crippen molar-refractivity contribution in [2.45, 2.75) is 19.5 Å². The van der Waals surface area contributed by atoms with Crippen molar-refractivity contribution in [2.75, 3.05) is 26.3 Å². The Morgan fingerprint density at radius 2 is 2.16 bits per heavy atom. The molecule has 2 bridgehead atoms. The number of nitrogens with one attached hydrogen (secondary N) is 1. The van der Waals surface area contributed by atoms with E-state index in [1.165, 1.54) is 6.07 Å². The van der Waals surface area contributed by atoms with Gasteiger partial charge in [0.25, 0.3) is 0 Å². The third kappa shape index (κ3) is 3.29. The van der Waals surface area contributed by atoms with Gasteiger partial charge < -0.3 is 14.5 Å². The first kappa shape index (κ1) is 16.2. The first-order valence-corrected chi connectivity index (χ1v) is 8.42. The molecule has 4 rings (SSSR count). The van der Waals surface area contributed by atoms with Gasteiger partial charge in [-0.1, -0.05) is 12.1 Å². The van der Waals surface area contributed by atoms with Crippen LogP contribution < -0.4 is 5.32 Å². The molecule has 0 saturated carbocycles. The summed E-state index contributed by atoms with van der Waals surface area (Å²) in [5.41, 5.74) is 1.13. The molecular weight excluding hydrogens is 325 g/mol. The minimum atomic E-state index is -0.355. The molecule has 2 saturated heterocycles. The molecule has 2 aliphatic rings. The number of nitrogens with zero attached hydrogens (tertiary/aromatic N) is 2. The van der Waals surface area contributed by atoms with E-state index in [9.17, 15) is 9.18 Å². The zero-order valence-electron chi connectivity index (χ0n) is 14.0. The van der Waals surface area contributed by atoms with Gasteiger partial charge in [-0.05, 0) is 19.1 Å². The van der Waals surface area contributed by atoms with E-state index in [-0.39, 0.29) is 29.6 Å². The molecule has 1 aromatic carbocycles. The van der Waals surface area contributed by atoms with Gasteiger partial charge in [0.15, 0.2) is 0 Å². The summed E-state index contributed by atoms with van der Waals surface area (Å²) in [4.78, 5) is 18.8. The molecule has 0 spiro atoms. The zero-order chi connectivity index (χ0) is 17.4. The normalized spacial score (nSPS) is 24.0. The Labute approximate surface area is 145 Å². The Balaban J connectivity index is 1.55. The van der Waals surface area contributed by atoms with Crippen molar-refractivity contribution in [3.05, 3.63) is 41.5 Å². The number of hydrogen-bond donors (Lipinski definition) is 1. The summed E-state index contributed by atoms with van der Waals surface area (Å²) >= 11 is 0. The van der Waals surface area contributed by atoms with Gasteiger partial charge in [-0.25, -0.2) is 9.37 Å². The van der Waals surface area contributed by atoms with E-state index in [0.29, 0.717) is 44.2 Å². The van der Waals surface area contributed by atoms with Crippen molar-refractivity contribution in [1.29, 1.82) is 0 Å². The summed E-state index contributed by atoms with van der Waals surface area (Å²) in [5.74, 6) is 0.479. The molecule has 25 heavy (non-hydrogen) atoms. The maximum absolute atomic E-state index is 14.0. The van der Waals surface area contributed by atoms with Crippen LogP contribution in [0.15, 0.2) is 28.7 Å². The first-order valence-electron chi connectivity index (χ1n) is 8.42. The number of fused-ring (bicyclic) bond motifs is 3. The number of benzene rings is 1. The average molecular weight is 345 g/mol. The molecule has 3 heterocycles. The molecule has 1 N–H and O–H groups in total. The van der Waals surface area contributed by atoms with Crippen LogP contribution in [0.4, 0.5) is 4.39 Å². The van der Waals surface area contributed by atoms with E-state index in [0.717, 1.165) is 5.69 Å². The van der Waals surface area contributed by atoms with Crippen LogP contribution in [-0.2, 0) is 16.1 Å². The van der Waals surface area contributed by atoms with Crippen molar-refractivity contribution in [3.63, 3.8) is 0 Å². The number of rotatable bonds is 3. The van der Waals surface area contributed by atoms with E-state index in [4.69, 9.17) is 9.15 Å². The van der Waals surface area contributed by atoms with Gasteiger partial charge in [0.05, 0.1) is 36.4 Å². The number of oxazole rings is 1. The fraction of sp³-hybridized carbons (Fsp3) is 0.444. The monoisotopic (exact) mass is 345 g/mol. The van der Waals surface area contributed by atoms with Gasteiger partial charge in [-0.2, -0.15) is 0 Å². The first-order chi connectivity index (χ1) is 12.1. The largest absolute Gasteiger partial charge is 0.441 e. The van der Waals surface area contributed by atoms with Gasteiger partial charge in [0.1, 0.15) is 11.6 Å². The minimum Gasteiger partial charge on any atom is -0.441 e. The highest BCUT2D eigenvalue weighted by molar-refractivity contribution is 5.80. The molecule has 2 atom stereocenters. The van der Waals surface area contributed by atoms with Crippen molar-refractivity contribution >= 4 is 5.91 Å². The zero-order valence-corrected chi connectivity index (χ0v) is 14.0. The molecule has 2 aliphatic heterocycles. The topological polar surface area (TPSA) is 67.6 Å². The fourth-order valence-electron chi connectivity index (χ4n) is 3.39. The molecule has 0 aliphatic carbocycles. The maximum Gasteiger partial charge on any atom is 0.229 e. The highest BCUT2D eigenvalue weighted by Gasteiger charge is 2.33. The highest BCUT2D eigenvalue weighted by Crippen LogP contribution is 2.25. The number of carbonyl (C=O) groups excluding carboxylic acids is 1. The van der Waals surface area contributed by atoms with Crippen LogP contribution in [0.1, 0.15) is 11.5 Å². The molecule has 1 amide bonds. The van der Waals surface area contributed by atoms with Crippen LogP contribution in [0.2, 0.25) is 0 Å². The smallest absolute Gasteiger partial charge is 0.229 e. The second kappa shape index (κ2) is 6.57. The van der Waals surface area contributed by atoms with E-state index in [1.54, 1.807) is 18.2 Å². The lowest BCUT2D eigenvalue weighted by molar-refractivity contribution is -0.125. The van der Waals surface area contributed by atoms with E-state index in [1.807, 2.05) is 6.92 Å². The van der Waals surface area contributed by atoms with E-state index in [2.05, 4.69) is 15.2 Å². The standard InChI is InChI=1S/C18H20FN3O3/c1-11-16(21-18(25-11)14-4-2-3-5-15(14)19)8-22-6-12-9-24-10-13(7-22)20-17(12)23/h2-5,12-13H,6-10H2,1H3,(H,20,23)/t12-,13+/m1/s1. The lowest BCUT2D eigenvalue weighted by Crippen LogP contribution is -2.41. The summed E-state index contributed by atoms with van der Waals surface area (Å²) in [5, 5.41) is 3.01. The number of hydrogen-bond acceptors (Lipinski definition) is 5. The van der Waals surface area contributed by atoms with Gasteiger partial charge in [0, 0.05) is 19.6 Å². The van der Waals surface area contributed by atoms with Crippen LogP contribution >= 0.6 is 0 Å². The molecule has 132 valence electrons. The summed E-state index contributed by atoms with van der Waals surface area (Å²) in [6, 6.07) is 6.42. The lowest BCUT2D eigenvalue weighted by atomic mass is 10.1. The van der Waals surface area contributed by atoms with Crippen molar-refractivity contribution in [2.24, 2.45) is 5.92 Å². The van der Waals surface area contributed by atoms with Crippen molar-refractivity contribution < 1.29 is 18.3 Å². The van der Waals surface area contributed by atoms with Gasteiger partial charge in [-0.3, -0.25) is 9.69 Å². The second-order valence-electron chi connectivity index (χ2n) is 6.64. The number of carbonyl (C=O) groups is 1. The number of aromatic nitrogens is 1. The molecule has 1 aromatic heterocycles. The summed E-state index contributed by atoms with van der Waals surface area (Å²) < 4.78 is 25.2. The third-order valence-electron chi connectivity index (χ3n) is 4.68. The Kier molecular flexibility index (Phi) is 4.27. The minimum absolute atomic E-state index is 0.0155. The van der Waals surface area contributed by atoms with Gasteiger partial charge in [-0.15, -0.1) is 0 Å². The molecule has 2 aromatic rings. The summed E-state index contributed by atoms with van der Waals surface area (Å²) in [6.07, 6.45) is 0. The summed E-state index contributed by atoms with van der Waals surface area (Å²) in [7, 11) is 0. The number of halogens is 1. The predicted octanol–water partition coefficient (Wildman–Crippen LogP) is 1.74. The Hall–Kier alpha value is -2.25. The fourth-order valence-corrected chi connectivity index (χ4v) is 3.39. The Morgan fingerprint density at radius 1 is 1.32 bits per heavy atom. The van der Waals surface area contributed by atoms with Crippen LogP contribution in [-0.4, -0.2) is 48.1 Å². The molecular formula is C18H20FN3O3. The van der Waals surface area contributed by atoms with Crippen LogP contribution in [0.5, 0.6) is 0 Å². The van der Waals surface area contributed by atoms with Crippen molar-refractivity contribution in [1.82, 2.24) is 15.2 Å². The Morgan fingerprint density at radius 3 is 3.00 bits per heavy atom. The second-order valence-corrected chi connectivity index (χ2v) is 6.64. The van der Waals surface area contributed by atoms with E-state index < -0.39 is 0 Å². The van der Waals surface area contributed by atoms with Gasteiger partial charge in [0.2, 0.25) is 11.8 Å². The van der Waals surface area contributed by atoms with Crippen molar-refractivity contribution in [3.8, 4) is 11.5 Å². The molecule has 0 unspecified atom stereocenters. The maximum atomic E-state index is 14.0. The SMILES string of the molecule is Cc1oc(-c2ccccc2F)nc1CN1C[C@H]2COC[C@@H](C1)C(=O)N2. The van der Waals surface area contributed by atoms with E-state index >= 15 is 0 Å². The molecule has 6 nitrogen and oxygen atoms in total. The lowest BCUT2D eigenvalue weighted by Gasteiger charge is -2.26. The number of aryl methyl sites for hydroxylation is 1. The third-order valence-corrected chi connectivity index (χ3v) is 4.68. The molecule has 0 radical (unpaired) electrons. The Bertz CT molecular complexity index is 792. The average Bonchev–Trinajstić information content (AvgIpc) is 2.73. The number of ether oxygens (including phenoxy) is 1. The van der Waals surface area contributed by atoms with Crippen LogP contribution in [0.3, 0.4) is 0 Å². The molecule has 2 fully saturated rings. The molecule has 7 heteroatoms.